The van der Waals surface area contributed by atoms with Gasteiger partial charge >= 0.3 is 0 Å². The van der Waals surface area contributed by atoms with E-state index in [0.717, 1.165) is 10.8 Å². The fourth-order valence-electron chi connectivity index (χ4n) is 0.972. The largest absolute Gasteiger partial charge is 0.493 e. The Morgan fingerprint density at radius 3 is 3.00 bits per heavy atom. The van der Waals surface area contributed by atoms with E-state index in [0.29, 0.717) is 11.0 Å². The molecule has 0 unspecified atom stereocenters. The first-order valence-corrected chi connectivity index (χ1v) is 5.01. The van der Waals surface area contributed by atoms with Crippen molar-refractivity contribution in [3.63, 3.8) is 0 Å². The van der Waals surface area contributed by atoms with Gasteiger partial charge in [-0.2, -0.15) is 5.10 Å². The van der Waals surface area contributed by atoms with Gasteiger partial charge in [-0.15, -0.1) is 10.2 Å². The van der Waals surface area contributed by atoms with Crippen molar-refractivity contribution in [3.8, 4) is 5.75 Å². The minimum Gasteiger partial charge on any atom is -0.493 e. The van der Waals surface area contributed by atoms with Crippen molar-refractivity contribution in [1.29, 1.82) is 0 Å². The average Bonchev–Trinajstić information content (AvgIpc) is 2.76. The summed E-state index contributed by atoms with van der Waals surface area (Å²) >= 11 is 6.99. The van der Waals surface area contributed by atoms with Gasteiger partial charge < -0.3 is 4.74 Å². The fourth-order valence-corrected chi connectivity index (χ4v) is 1.83. The monoisotopic (exact) mass is 230 g/mol. The van der Waals surface area contributed by atoms with Crippen LogP contribution in [0, 0.1) is 0 Å². The molecule has 0 aliphatic carbocycles. The number of ether oxygens (including phenoxy) is 1. The number of hydrogen-bond acceptors (Lipinski definition) is 5. The van der Waals surface area contributed by atoms with Gasteiger partial charge in [-0.25, -0.2) is 0 Å². The molecule has 0 aliphatic heterocycles. The van der Waals surface area contributed by atoms with Crippen molar-refractivity contribution in [2.75, 3.05) is 7.11 Å². The van der Waals surface area contributed by atoms with Crippen LogP contribution in [0.2, 0.25) is 4.47 Å². The molecule has 2 rings (SSSR count). The molecule has 14 heavy (non-hydrogen) atoms. The molecule has 0 N–H and O–H groups in total. The molecule has 0 aromatic carbocycles. The molecule has 0 amide bonds. The molecular formula is C7H7ClN4OS. The van der Waals surface area contributed by atoms with E-state index in [1.165, 1.54) is 11.3 Å². The van der Waals surface area contributed by atoms with Crippen LogP contribution in [-0.2, 0) is 6.54 Å². The van der Waals surface area contributed by atoms with E-state index in [2.05, 4.69) is 15.3 Å². The number of methoxy groups -OCH3 is 1. The third-order valence-corrected chi connectivity index (χ3v) is 2.59. The third-order valence-electron chi connectivity index (χ3n) is 1.58. The third kappa shape index (κ3) is 2.02. The Balaban J connectivity index is 2.10. The fraction of sp³-hybridized carbons (Fsp3) is 0.286. The number of aromatic nitrogens is 4. The standard InChI is InChI=1S/C7H7ClN4OS/c1-13-5-2-9-12(3-5)4-6-10-11-7(8)14-6/h2-3H,4H2,1H3. The highest BCUT2D eigenvalue weighted by Crippen LogP contribution is 2.16. The predicted molar refractivity (Wildman–Crippen MR) is 52.8 cm³/mol. The van der Waals surface area contributed by atoms with Crippen LogP contribution in [0.1, 0.15) is 5.01 Å². The lowest BCUT2D eigenvalue weighted by molar-refractivity contribution is 0.414. The Morgan fingerprint density at radius 1 is 1.57 bits per heavy atom. The maximum atomic E-state index is 5.65. The molecule has 0 aliphatic rings. The number of halogens is 1. The second-order valence-electron chi connectivity index (χ2n) is 2.53. The molecule has 0 radical (unpaired) electrons. The van der Waals surface area contributed by atoms with Crippen molar-refractivity contribution in [1.82, 2.24) is 20.0 Å². The van der Waals surface area contributed by atoms with Gasteiger partial charge in [0.15, 0.2) is 5.75 Å². The van der Waals surface area contributed by atoms with Gasteiger partial charge in [0.05, 0.1) is 26.0 Å². The van der Waals surface area contributed by atoms with E-state index in [1.807, 2.05) is 0 Å². The Kier molecular flexibility index (Phi) is 2.64. The lowest BCUT2D eigenvalue weighted by Crippen LogP contribution is -1.99. The van der Waals surface area contributed by atoms with E-state index >= 15 is 0 Å². The Morgan fingerprint density at radius 2 is 2.43 bits per heavy atom. The predicted octanol–water partition coefficient (Wildman–Crippen LogP) is 1.44. The van der Waals surface area contributed by atoms with Crippen LogP contribution in [0.4, 0.5) is 0 Å². The van der Waals surface area contributed by atoms with E-state index in [9.17, 15) is 0 Å². The van der Waals surface area contributed by atoms with Gasteiger partial charge in [0.1, 0.15) is 5.01 Å². The summed E-state index contributed by atoms with van der Waals surface area (Å²) in [5.41, 5.74) is 0. The van der Waals surface area contributed by atoms with E-state index in [4.69, 9.17) is 16.3 Å². The number of hydrogen-bond donors (Lipinski definition) is 0. The van der Waals surface area contributed by atoms with Gasteiger partial charge in [0.2, 0.25) is 4.47 Å². The van der Waals surface area contributed by atoms with Crippen molar-refractivity contribution in [3.05, 3.63) is 21.9 Å². The molecule has 74 valence electrons. The normalized spacial score (nSPS) is 10.4. The summed E-state index contributed by atoms with van der Waals surface area (Å²) in [5.74, 6) is 0.723. The molecule has 0 bridgehead atoms. The average molecular weight is 231 g/mol. The summed E-state index contributed by atoms with van der Waals surface area (Å²) < 4.78 is 7.16. The minimum absolute atomic E-state index is 0.444. The maximum absolute atomic E-state index is 5.65. The summed E-state index contributed by atoms with van der Waals surface area (Å²) in [6.07, 6.45) is 3.43. The summed E-state index contributed by atoms with van der Waals surface area (Å²) in [6.45, 7) is 0.563. The first-order chi connectivity index (χ1) is 6.78. The van der Waals surface area contributed by atoms with Crippen molar-refractivity contribution in [2.24, 2.45) is 0 Å². The van der Waals surface area contributed by atoms with Gasteiger partial charge in [-0.05, 0) is 11.6 Å². The minimum atomic E-state index is 0.444. The van der Waals surface area contributed by atoms with Crippen LogP contribution in [0.3, 0.4) is 0 Å². The summed E-state index contributed by atoms with van der Waals surface area (Å²) in [4.78, 5) is 0. The molecule has 7 heteroatoms. The van der Waals surface area contributed by atoms with E-state index in [1.54, 1.807) is 24.2 Å². The van der Waals surface area contributed by atoms with Crippen molar-refractivity contribution < 1.29 is 4.74 Å². The number of rotatable bonds is 3. The van der Waals surface area contributed by atoms with Gasteiger partial charge in [-0.3, -0.25) is 4.68 Å². The molecule has 0 fully saturated rings. The smallest absolute Gasteiger partial charge is 0.207 e. The van der Waals surface area contributed by atoms with Crippen LogP contribution in [-0.4, -0.2) is 27.1 Å². The maximum Gasteiger partial charge on any atom is 0.207 e. The quantitative estimate of drug-likeness (QED) is 0.801. The molecule has 5 nitrogen and oxygen atoms in total. The van der Waals surface area contributed by atoms with Gasteiger partial charge in [0, 0.05) is 0 Å². The first-order valence-electron chi connectivity index (χ1n) is 3.82. The summed E-state index contributed by atoms with van der Waals surface area (Å²) in [5, 5.41) is 12.5. The van der Waals surface area contributed by atoms with Crippen molar-refractivity contribution >= 4 is 22.9 Å². The molecule has 2 aromatic heterocycles. The highest BCUT2D eigenvalue weighted by Gasteiger charge is 2.04. The zero-order chi connectivity index (χ0) is 9.97. The SMILES string of the molecule is COc1cnn(Cc2nnc(Cl)s2)c1. The molecule has 0 spiro atoms. The molecule has 0 atom stereocenters. The molecule has 2 heterocycles. The van der Waals surface area contributed by atoms with Crippen LogP contribution < -0.4 is 4.74 Å². The zero-order valence-corrected chi connectivity index (χ0v) is 8.92. The first kappa shape index (κ1) is 9.42. The zero-order valence-electron chi connectivity index (χ0n) is 7.35. The lowest BCUT2D eigenvalue weighted by atomic mass is 10.6. The van der Waals surface area contributed by atoms with Crippen molar-refractivity contribution in [2.45, 2.75) is 6.54 Å². The van der Waals surface area contributed by atoms with Gasteiger partial charge in [0.25, 0.3) is 0 Å². The second kappa shape index (κ2) is 3.93. The van der Waals surface area contributed by atoms with Crippen LogP contribution in [0.15, 0.2) is 12.4 Å². The van der Waals surface area contributed by atoms with Crippen LogP contribution in [0.25, 0.3) is 0 Å². The second-order valence-corrected chi connectivity index (χ2v) is 4.17. The summed E-state index contributed by atoms with van der Waals surface area (Å²) in [6, 6.07) is 0. The molecule has 0 saturated carbocycles. The highest BCUT2D eigenvalue weighted by molar-refractivity contribution is 7.15. The Labute approximate surface area is 89.3 Å². The van der Waals surface area contributed by atoms with Crippen LogP contribution in [0.5, 0.6) is 5.75 Å². The highest BCUT2D eigenvalue weighted by atomic mass is 35.5. The van der Waals surface area contributed by atoms with E-state index in [-0.39, 0.29) is 0 Å². The van der Waals surface area contributed by atoms with Gasteiger partial charge in [-0.1, -0.05) is 11.3 Å². The van der Waals surface area contributed by atoms with E-state index < -0.39 is 0 Å². The topological polar surface area (TPSA) is 52.8 Å². The Bertz CT molecular complexity index is 427. The molecule has 0 saturated heterocycles. The molecular weight excluding hydrogens is 224 g/mol. The Hall–Kier alpha value is -1.14. The molecule has 2 aromatic rings. The van der Waals surface area contributed by atoms with Crippen LogP contribution >= 0.6 is 22.9 Å². The summed E-state index contributed by atoms with van der Waals surface area (Å²) in [7, 11) is 1.60. The lowest BCUT2D eigenvalue weighted by Gasteiger charge is -1.94. The number of nitrogens with zero attached hydrogens (tertiary/aromatic N) is 4.